The molecule has 3 nitrogen and oxygen atoms in total. The fraction of sp³-hybridized carbons (Fsp3) is 0.333. The van der Waals surface area contributed by atoms with Gasteiger partial charge in [-0.15, -0.1) is 0 Å². The number of aromatic hydroxyl groups is 1. The minimum absolute atomic E-state index is 0.354. The first kappa shape index (κ1) is 10.1. The van der Waals surface area contributed by atoms with Gasteiger partial charge in [0.05, 0.1) is 5.69 Å². The lowest BCUT2D eigenvalue weighted by Gasteiger charge is -2.21. The first-order chi connectivity index (χ1) is 7.09. The number of rotatable bonds is 1. The third kappa shape index (κ3) is 1.70. The Kier molecular flexibility index (Phi) is 2.40. The maximum absolute atomic E-state index is 9.56. The molecule has 1 aliphatic heterocycles. The van der Waals surface area contributed by atoms with Crippen LogP contribution < -0.4 is 10.4 Å². The summed E-state index contributed by atoms with van der Waals surface area (Å²) in [5, 5.41) is 11.6. The van der Waals surface area contributed by atoms with E-state index in [0.717, 1.165) is 16.8 Å². The highest BCUT2D eigenvalue weighted by atomic mass is 16.3. The topological polar surface area (TPSA) is 35.5 Å². The highest BCUT2D eigenvalue weighted by Gasteiger charge is 2.15. The Morgan fingerprint density at radius 1 is 1.27 bits per heavy atom. The molecule has 0 fully saturated rings. The molecular formula is C12H16N2O. The van der Waals surface area contributed by atoms with Gasteiger partial charge in [-0.2, -0.15) is 0 Å². The molecule has 1 atom stereocenters. The quantitative estimate of drug-likeness (QED) is 0.736. The molecule has 80 valence electrons. The van der Waals surface area contributed by atoms with Crippen LogP contribution in [0, 0.1) is 13.8 Å². The summed E-state index contributed by atoms with van der Waals surface area (Å²) in [7, 11) is 0. The van der Waals surface area contributed by atoms with Crippen LogP contribution in [0.25, 0.3) is 0 Å². The smallest absolute Gasteiger partial charge is 0.118 e. The fourth-order valence-corrected chi connectivity index (χ4v) is 1.72. The van der Waals surface area contributed by atoms with Gasteiger partial charge in [-0.05, 0) is 50.1 Å². The third-order valence-electron chi connectivity index (χ3n) is 2.86. The lowest BCUT2D eigenvalue weighted by molar-refractivity contribution is 0.470. The van der Waals surface area contributed by atoms with Gasteiger partial charge in [0, 0.05) is 12.2 Å². The van der Waals surface area contributed by atoms with Crippen molar-refractivity contribution in [1.29, 1.82) is 0 Å². The fourth-order valence-electron chi connectivity index (χ4n) is 1.72. The zero-order valence-electron chi connectivity index (χ0n) is 9.28. The van der Waals surface area contributed by atoms with Crippen molar-refractivity contribution >= 4 is 5.69 Å². The van der Waals surface area contributed by atoms with Crippen LogP contribution in [0.1, 0.15) is 18.1 Å². The predicted molar refractivity (Wildman–Crippen MR) is 61.8 cm³/mol. The first-order valence-corrected chi connectivity index (χ1v) is 5.12. The van der Waals surface area contributed by atoms with Crippen molar-refractivity contribution in [2.24, 2.45) is 0 Å². The number of phenolic OH excluding ortho intramolecular Hbond substituents is 1. The van der Waals surface area contributed by atoms with Crippen molar-refractivity contribution < 1.29 is 5.11 Å². The van der Waals surface area contributed by atoms with E-state index in [1.54, 1.807) is 6.07 Å². The van der Waals surface area contributed by atoms with Gasteiger partial charge in [0.2, 0.25) is 0 Å². The molecule has 1 aromatic carbocycles. The molecule has 2 rings (SSSR count). The van der Waals surface area contributed by atoms with E-state index in [0.29, 0.717) is 11.8 Å². The second-order valence-corrected chi connectivity index (χ2v) is 3.98. The molecule has 1 heterocycles. The summed E-state index contributed by atoms with van der Waals surface area (Å²) in [4.78, 5) is 0. The Morgan fingerprint density at radius 2 is 2.00 bits per heavy atom. The molecule has 0 amide bonds. The summed E-state index contributed by atoms with van der Waals surface area (Å²) < 4.78 is 0. The Balaban J connectivity index is 2.38. The predicted octanol–water partition coefficient (Wildman–Crippen LogP) is 2.24. The standard InChI is InChI=1S/C12H16N2O/c1-8-6-7-14(13-8)11-4-5-12(15)10(3)9(11)2/h4-8,13,15H,1-3H3. The lowest BCUT2D eigenvalue weighted by atomic mass is 10.1. The van der Waals surface area contributed by atoms with Crippen molar-refractivity contribution in [1.82, 2.24) is 5.43 Å². The van der Waals surface area contributed by atoms with Crippen LogP contribution in [0.15, 0.2) is 24.4 Å². The van der Waals surface area contributed by atoms with Gasteiger partial charge in [-0.25, -0.2) is 5.43 Å². The summed E-state index contributed by atoms with van der Waals surface area (Å²) in [5.74, 6) is 0.354. The average Bonchev–Trinajstić information content (AvgIpc) is 2.61. The van der Waals surface area contributed by atoms with Crippen molar-refractivity contribution in [3.8, 4) is 5.75 Å². The van der Waals surface area contributed by atoms with E-state index < -0.39 is 0 Å². The third-order valence-corrected chi connectivity index (χ3v) is 2.86. The second-order valence-electron chi connectivity index (χ2n) is 3.98. The van der Waals surface area contributed by atoms with Gasteiger partial charge < -0.3 is 5.11 Å². The molecule has 3 heteroatoms. The molecule has 0 bridgehead atoms. The largest absolute Gasteiger partial charge is 0.508 e. The number of nitrogens with zero attached hydrogens (tertiary/aromatic N) is 1. The molecule has 1 aliphatic rings. The molecule has 0 saturated carbocycles. The molecule has 0 radical (unpaired) electrons. The lowest BCUT2D eigenvalue weighted by Crippen LogP contribution is -2.33. The zero-order valence-corrected chi connectivity index (χ0v) is 9.28. The van der Waals surface area contributed by atoms with E-state index in [2.05, 4.69) is 18.4 Å². The first-order valence-electron chi connectivity index (χ1n) is 5.12. The van der Waals surface area contributed by atoms with Crippen LogP contribution in [0.3, 0.4) is 0 Å². The number of nitrogens with one attached hydrogen (secondary N) is 1. The van der Waals surface area contributed by atoms with Gasteiger partial charge in [0.25, 0.3) is 0 Å². The molecule has 1 aromatic rings. The summed E-state index contributed by atoms with van der Waals surface area (Å²) in [6.45, 7) is 6.04. The number of phenols is 1. The van der Waals surface area contributed by atoms with Gasteiger partial charge >= 0.3 is 0 Å². The van der Waals surface area contributed by atoms with Gasteiger partial charge in [0.15, 0.2) is 0 Å². The van der Waals surface area contributed by atoms with Crippen molar-refractivity contribution in [2.75, 3.05) is 5.01 Å². The molecule has 0 spiro atoms. The number of anilines is 1. The maximum Gasteiger partial charge on any atom is 0.118 e. The molecule has 1 unspecified atom stereocenters. The summed E-state index contributed by atoms with van der Waals surface area (Å²) in [6.07, 6.45) is 4.12. The van der Waals surface area contributed by atoms with Gasteiger partial charge in [-0.3, -0.25) is 5.01 Å². The molecule has 0 aromatic heterocycles. The summed E-state index contributed by atoms with van der Waals surface area (Å²) in [6, 6.07) is 4.02. The van der Waals surface area contributed by atoms with Crippen molar-refractivity contribution in [3.05, 3.63) is 35.5 Å². The van der Waals surface area contributed by atoms with E-state index in [4.69, 9.17) is 0 Å². The molecule has 0 saturated heterocycles. The molecule has 15 heavy (non-hydrogen) atoms. The van der Waals surface area contributed by atoms with E-state index >= 15 is 0 Å². The maximum atomic E-state index is 9.56. The van der Waals surface area contributed by atoms with Crippen molar-refractivity contribution in [3.63, 3.8) is 0 Å². The van der Waals surface area contributed by atoms with Crippen LogP contribution >= 0.6 is 0 Å². The Morgan fingerprint density at radius 3 is 2.60 bits per heavy atom. The second kappa shape index (κ2) is 3.59. The van der Waals surface area contributed by atoms with E-state index in [9.17, 15) is 5.11 Å². The zero-order chi connectivity index (χ0) is 11.0. The van der Waals surface area contributed by atoms with Crippen LogP contribution in [-0.4, -0.2) is 11.1 Å². The molecule has 0 aliphatic carbocycles. The van der Waals surface area contributed by atoms with Crippen LogP contribution in [0.4, 0.5) is 5.69 Å². The van der Waals surface area contributed by atoms with Crippen molar-refractivity contribution in [2.45, 2.75) is 26.8 Å². The molecule has 2 N–H and O–H groups in total. The number of benzene rings is 1. The normalized spacial score (nSPS) is 19.9. The van der Waals surface area contributed by atoms with Crippen LogP contribution in [0.5, 0.6) is 5.75 Å². The van der Waals surface area contributed by atoms with Crippen LogP contribution in [-0.2, 0) is 0 Å². The van der Waals surface area contributed by atoms with Gasteiger partial charge in [0.1, 0.15) is 5.75 Å². The summed E-state index contributed by atoms with van der Waals surface area (Å²) in [5.41, 5.74) is 6.42. The highest BCUT2D eigenvalue weighted by molar-refractivity contribution is 5.61. The SMILES string of the molecule is Cc1c(O)ccc(N2C=CC(C)N2)c1C. The minimum atomic E-state index is 0.354. The average molecular weight is 204 g/mol. The highest BCUT2D eigenvalue weighted by Crippen LogP contribution is 2.29. The van der Waals surface area contributed by atoms with Gasteiger partial charge in [-0.1, -0.05) is 0 Å². The Hall–Kier alpha value is -1.48. The van der Waals surface area contributed by atoms with Crippen LogP contribution in [0.2, 0.25) is 0 Å². The van der Waals surface area contributed by atoms with E-state index in [-0.39, 0.29) is 0 Å². The summed E-state index contributed by atoms with van der Waals surface area (Å²) >= 11 is 0. The Labute approximate surface area is 90.0 Å². The number of hydrazine groups is 1. The Bertz CT molecular complexity index is 412. The number of hydrogen-bond donors (Lipinski definition) is 2. The van der Waals surface area contributed by atoms with E-state index in [1.807, 2.05) is 31.1 Å². The van der Waals surface area contributed by atoms with E-state index in [1.165, 1.54) is 0 Å². The number of hydrogen-bond acceptors (Lipinski definition) is 3. The monoisotopic (exact) mass is 204 g/mol. The molecular weight excluding hydrogens is 188 g/mol. The minimum Gasteiger partial charge on any atom is -0.508 e.